The van der Waals surface area contributed by atoms with Crippen LogP contribution >= 0.6 is 0 Å². The molecule has 2 heterocycles. The molecule has 1 aromatic heterocycles. The van der Waals surface area contributed by atoms with Crippen LogP contribution < -0.4 is 5.32 Å². The number of aromatic nitrogens is 2. The smallest absolute Gasteiger partial charge is 0.311 e. The Hall–Kier alpha value is -2.67. The maximum atomic E-state index is 12.4. The number of rotatable bonds is 5. The second-order valence-corrected chi connectivity index (χ2v) is 6.34. The number of nitrogens with zero attached hydrogens (tertiary/aromatic N) is 2. The highest BCUT2D eigenvalue weighted by Gasteiger charge is 2.40. The summed E-state index contributed by atoms with van der Waals surface area (Å²) in [7, 11) is 0. The number of carbonyl (C=O) groups is 2. The van der Waals surface area contributed by atoms with E-state index in [4.69, 9.17) is 4.74 Å². The molecule has 0 unspecified atom stereocenters. The normalized spacial score (nSPS) is 16.4. The van der Waals surface area contributed by atoms with Crippen LogP contribution in [0.1, 0.15) is 28.8 Å². The lowest BCUT2D eigenvalue weighted by Crippen LogP contribution is -2.46. The van der Waals surface area contributed by atoms with Crippen LogP contribution in [-0.4, -0.2) is 46.5 Å². The highest BCUT2D eigenvalue weighted by molar-refractivity contribution is 5.94. The SMILES string of the molecule is Cc1ccccc1-n1cc(C(=O)NCC2(C(=O)O)CCOCC2)cn1. The van der Waals surface area contributed by atoms with Gasteiger partial charge in [-0.1, -0.05) is 18.2 Å². The van der Waals surface area contributed by atoms with Gasteiger partial charge in [0.2, 0.25) is 0 Å². The van der Waals surface area contributed by atoms with E-state index in [0.717, 1.165) is 11.3 Å². The molecule has 0 aliphatic carbocycles. The largest absolute Gasteiger partial charge is 0.481 e. The molecule has 2 N–H and O–H groups in total. The number of aliphatic carboxylic acids is 1. The van der Waals surface area contributed by atoms with Gasteiger partial charge in [0, 0.05) is 26.0 Å². The van der Waals surface area contributed by atoms with Crippen LogP contribution in [0.4, 0.5) is 0 Å². The van der Waals surface area contributed by atoms with Gasteiger partial charge in [0.25, 0.3) is 5.91 Å². The van der Waals surface area contributed by atoms with Crippen molar-refractivity contribution in [2.45, 2.75) is 19.8 Å². The summed E-state index contributed by atoms with van der Waals surface area (Å²) < 4.78 is 6.89. The van der Waals surface area contributed by atoms with Crippen molar-refractivity contribution in [1.82, 2.24) is 15.1 Å². The number of aryl methyl sites for hydroxylation is 1. The fourth-order valence-electron chi connectivity index (χ4n) is 2.97. The summed E-state index contributed by atoms with van der Waals surface area (Å²) in [5.41, 5.74) is 1.38. The molecule has 132 valence electrons. The van der Waals surface area contributed by atoms with Gasteiger partial charge < -0.3 is 15.2 Å². The van der Waals surface area contributed by atoms with Gasteiger partial charge in [-0.2, -0.15) is 5.10 Å². The Morgan fingerprint density at radius 1 is 1.32 bits per heavy atom. The molecule has 7 nitrogen and oxygen atoms in total. The molecule has 7 heteroatoms. The Balaban J connectivity index is 1.70. The number of benzene rings is 1. The molecular formula is C18H21N3O4. The molecular weight excluding hydrogens is 322 g/mol. The van der Waals surface area contributed by atoms with Crippen LogP contribution in [-0.2, 0) is 9.53 Å². The van der Waals surface area contributed by atoms with E-state index in [2.05, 4.69) is 10.4 Å². The molecule has 3 rings (SSSR count). The summed E-state index contributed by atoms with van der Waals surface area (Å²) in [6.45, 7) is 2.85. The number of carboxylic acid groups (broad SMARTS) is 1. The second kappa shape index (κ2) is 7.06. The van der Waals surface area contributed by atoms with E-state index in [1.165, 1.54) is 6.20 Å². The van der Waals surface area contributed by atoms with Crippen LogP contribution in [0.2, 0.25) is 0 Å². The Kier molecular flexibility index (Phi) is 4.85. The van der Waals surface area contributed by atoms with Crippen molar-refractivity contribution in [1.29, 1.82) is 0 Å². The number of nitrogens with one attached hydrogen (secondary N) is 1. The Morgan fingerprint density at radius 2 is 2.04 bits per heavy atom. The number of para-hydroxylation sites is 1. The fraction of sp³-hybridized carbons (Fsp3) is 0.389. The van der Waals surface area contributed by atoms with Crippen molar-refractivity contribution in [3.05, 3.63) is 47.8 Å². The molecule has 25 heavy (non-hydrogen) atoms. The van der Waals surface area contributed by atoms with Gasteiger partial charge >= 0.3 is 5.97 Å². The first-order valence-electron chi connectivity index (χ1n) is 8.22. The monoisotopic (exact) mass is 343 g/mol. The van der Waals surface area contributed by atoms with Crippen molar-refractivity contribution in [2.75, 3.05) is 19.8 Å². The highest BCUT2D eigenvalue weighted by Crippen LogP contribution is 2.30. The van der Waals surface area contributed by atoms with E-state index in [0.29, 0.717) is 31.6 Å². The number of hydrogen-bond acceptors (Lipinski definition) is 4. The molecule has 0 spiro atoms. The van der Waals surface area contributed by atoms with Gasteiger partial charge in [-0.05, 0) is 31.4 Å². The van der Waals surface area contributed by atoms with Crippen molar-refractivity contribution >= 4 is 11.9 Å². The summed E-state index contributed by atoms with van der Waals surface area (Å²) in [5, 5.41) is 16.5. The van der Waals surface area contributed by atoms with Crippen LogP contribution in [0, 0.1) is 12.3 Å². The highest BCUT2D eigenvalue weighted by atomic mass is 16.5. The van der Waals surface area contributed by atoms with Gasteiger partial charge in [0.15, 0.2) is 0 Å². The second-order valence-electron chi connectivity index (χ2n) is 6.34. The molecule has 1 saturated heterocycles. The third kappa shape index (κ3) is 3.56. The minimum atomic E-state index is -0.958. The first-order chi connectivity index (χ1) is 12.0. The molecule has 0 radical (unpaired) electrons. The van der Waals surface area contributed by atoms with Crippen molar-refractivity contribution < 1.29 is 19.4 Å². The molecule has 1 aromatic carbocycles. The van der Waals surface area contributed by atoms with Crippen LogP contribution in [0.3, 0.4) is 0 Å². The lowest BCUT2D eigenvalue weighted by atomic mass is 9.80. The Morgan fingerprint density at radius 3 is 2.72 bits per heavy atom. The van der Waals surface area contributed by atoms with Gasteiger partial charge in [-0.25, -0.2) is 4.68 Å². The maximum Gasteiger partial charge on any atom is 0.311 e. The van der Waals surface area contributed by atoms with E-state index < -0.39 is 11.4 Å². The van der Waals surface area contributed by atoms with Crippen LogP contribution in [0.15, 0.2) is 36.7 Å². The van der Waals surface area contributed by atoms with E-state index in [1.54, 1.807) is 10.9 Å². The number of amides is 1. The minimum Gasteiger partial charge on any atom is -0.481 e. The molecule has 1 aliphatic rings. The maximum absolute atomic E-state index is 12.4. The van der Waals surface area contributed by atoms with Crippen molar-refractivity contribution in [2.24, 2.45) is 5.41 Å². The summed E-state index contributed by atoms with van der Waals surface area (Å²) >= 11 is 0. The van der Waals surface area contributed by atoms with Crippen molar-refractivity contribution in [3.8, 4) is 5.69 Å². The third-order valence-electron chi connectivity index (χ3n) is 4.70. The lowest BCUT2D eigenvalue weighted by molar-refractivity contribution is -0.154. The third-order valence-corrected chi connectivity index (χ3v) is 4.70. The number of ether oxygens (including phenoxy) is 1. The lowest BCUT2D eigenvalue weighted by Gasteiger charge is -2.33. The van der Waals surface area contributed by atoms with E-state index >= 15 is 0 Å². The minimum absolute atomic E-state index is 0.0834. The average molecular weight is 343 g/mol. The summed E-state index contributed by atoms with van der Waals surface area (Å²) in [4.78, 5) is 24.0. The van der Waals surface area contributed by atoms with Gasteiger partial charge in [-0.3, -0.25) is 9.59 Å². The van der Waals surface area contributed by atoms with Gasteiger partial charge in [0.05, 0.1) is 22.9 Å². The van der Waals surface area contributed by atoms with E-state index in [1.807, 2.05) is 31.2 Å². The zero-order valence-corrected chi connectivity index (χ0v) is 14.1. The molecule has 0 atom stereocenters. The standard InChI is InChI=1S/C18H21N3O4/c1-13-4-2-3-5-15(13)21-11-14(10-20-21)16(22)19-12-18(17(23)24)6-8-25-9-7-18/h2-5,10-11H,6-9,12H2,1H3,(H,19,22)(H,23,24). The average Bonchev–Trinajstić information content (AvgIpc) is 3.10. The van der Waals surface area contributed by atoms with Gasteiger partial charge in [0.1, 0.15) is 0 Å². The summed E-state index contributed by atoms with van der Waals surface area (Å²) in [6.07, 6.45) is 3.92. The summed E-state index contributed by atoms with van der Waals surface area (Å²) in [5.74, 6) is -1.22. The van der Waals surface area contributed by atoms with Crippen LogP contribution in [0.5, 0.6) is 0 Å². The summed E-state index contributed by atoms with van der Waals surface area (Å²) in [6, 6.07) is 7.74. The number of carboxylic acids is 1. The quantitative estimate of drug-likeness (QED) is 0.863. The Bertz CT molecular complexity index is 778. The van der Waals surface area contributed by atoms with Crippen molar-refractivity contribution in [3.63, 3.8) is 0 Å². The first-order valence-corrected chi connectivity index (χ1v) is 8.22. The zero-order valence-electron chi connectivity index (χ0n) is 14.1. The van der Waals surface area contributed by atoms with Gasteiger partial charge in [-0.15, -0.1) is 0 Å². The molecule has 2 aromatic rings. The molecule has 1 amide bonds. The molecule has 0 saturated carbocycles. The first kappa shape index (κ1) is 17.2. The van der Waals surface area contributed by atoms with E-state index in [9.17, 15) is 14.7 Å². The topological polar surface area (TPSA) is 93.5 Å². The predicted octanol–water partition coefficient (Wildman–Crippen LogP) is 1.79. The fourth-order valence-corrected chi connectivity index (χ4v) is 2.97. The number of hydrogen-bond donors (Lipinski definition) is 2. The molecule has 1 aliphatic heterocycles. The number of carbonyl (C=O) groups excluding carboxylic acids is 1. The molecule has 1 fully saturated rings. The predicted molar refractivity (Wildman–Crippen MR) is 90.8 cm³/mol. The Labute approximate surface area is 145 Å². The van der Waals surface area contributed by atoms with Crippen LogP contribution in [0.25, 0.3) is 5.69 Å². The zero-order chi connectivity index (χ0) is 17.9. The van der Waals surface area contributed by atoms with E-state index in [-0.39, 0.29) is 12.5 Å². The molecule has 0 bridgehead atoms.